The lowest BCUT2D eigenvalue weighted by Crippen LogP contribution is -2.03. The fraction of sp³-hybridized carbons (Fsp3) is 0.0667. The van der Waals surface area contributed by atoms with Gasteiger partial charge in [-0.05, 0) is 23.8 Å². The van der Waals surface area contributed by atoms with Gasteiger partial charge in [0.25, 0.3) is 0 Å². The highest BCUT2D eigenvalue weighted by Gasteiger charge is 2.03. The van der Waals surface area contributed by atoms with Crippen LogP contribution in [0.3, 0.4) is 0 Å². The monoisotopic (exact) mass is 313 g/mol. The summed E-state index contributed by atoms with van der Waals surface area (Å²) in [5.41, 5.74) is 2.15. The van der Waals surface area contributed by atoms with Gasteiger partial charge in [0.15, 0.2) is 0 Å². The number of fused-ring (bicyclic) bond motifs is 1. The van der Waals surface area contributed by atoms with Crippen LogP contribution in [0.5, 0.6) is 0 Å². The molecule has 0 fully saturated rings. The van der Waals surface area contributed by atoms with E-state index in [-0.39, 0.29) is 0 Å². The summed E-state index contributed by atoms with van der Waals surface area (Å²) < 4.78 is 1.10. The summed E-state index contributed by atoms with van der Waals surface area (Å²) in [6.07, 6.45) is 1.59. The highest BCUT2D eigenvalue weighted by Crippen LogP contribution is 2.21. The van der Waals surface area contributed by atoms with E-state index >= 15 is 0 Å². The molecule has 19 heavy (non-hydrogen) atoms. The van der Waals surface area contributed by atoms with Crippen molar-refractivity contribution >= 4 is 32.7 Å². The van der Waals surface area contributed by atoms with Crippen molar-refractivity contribution in [3.8, 4) is 0 Å². The second kappa shape index (κ2) is 5.36. The Morgan fingerprint density at radius 2 is 1.74 bits per heavy atom. The first kappa shape index (κ1) is 12.1. The topological polar surface area (TPSA) is 37.8 Å². The highest BCUT2D eigenvalue weighted by molar-refractivity contribution is 9.10. The van der Waals surface area contributed by atoms with E-state index < -0.39 is 0 Å². The van der Waals surface area contributed by atoms with Crippen molar-refractivity contribution in [3.05, 3.63) is 64.9 Å². The Labute approximate surface area is 119 Å². The molecule has 0 atom stereocenters. The number of halogens is 1. The van der Waals surface area contributed by atoms with E-state index in [1.807, 2.05) is 42.5 Å². The number of hydrogen-bond donors (Lipinski definition) is 1. The van der Waals surface area contributed by atoms with Crippen molar-refractivity contribution in [1.82, 2.24) is 9.97 Å². The normalized spacial score (nSPS) is 10.6. The van der Waals surface area contributed by atoms with Crippen molar-refractivity contribution in [2.45, 2.75) is 6.54 Å². The highest BCUT2D eigenvalue weighted by atomic mass is 79.9. The van der Waals surface area contributed by atoms with Crippen molar-refractivity contribution in [2.24, 2.45) is 0 Å². The Bertz CT molecular complexity index is 707. The number of nitrogens with zero attached hydrogens (tertiary/aromatic N) is 2. The average Bonchev–Trinajstić information content (AvgIpc) is 2.46. The Morgan fingerprint density at radius 1 is 0.947 bits per heavy atom. The third kappa shape index (κ3) is 2.58. The SMILES string of the molecule is Brc1ccccc1CNc1ncnc2ccccc12. The smallest absolute Gasteiger partial charge is 0.137 e. The molecule has 0 aliphatic carbocycles. The first-order chi connectivity index (χ1) is 9.34. The Kier molecular flexibility index (Phi) is 3.42. The van der Waals surface area contributed by atoms with Crippen LogP contribution >= 0.6 is 15.9 Å². The fourth-order valence-electron chi connectivity index (χ4n) is 1.97. The van der Waals surface area contributed by atoms with Crippen LogP contribution in [-0.2, 0) is 6.54 Å². The summed E-state index contributed by atoms with van der Waals surface area (Å²) in [5, 5.41) is 4.40. The van der Waals surface area contributed by atoms with Crippen LogP contribution in [0.4, 0.5) is 5.82 Å². The maximum atomic E-state index is 4.31. The number of anilines is 1. The van der Waals surface area contributed by atoms with E-state index in [4.69, 9.17) is 0 Å². The molecule has 3 rings (SSSR count). The molecule has 0 unspecified atom stereocenters. The molecule has 2 aromatic carbocycles. The van der Waals surface area contributed by atoms with Crippen molar-refractivity contribution in [2.75, 3.05) is 5.32 Å². The first-order valence-corrected chi connectivity index (χ1v) is 6.81. The molecule has 0 saturated carbocycles. The molecule has 0 aliphatic rings. The van der Waals surface area contributed by atoms with Gasteiger partial charge in [-0.25, -0.2) is 9.97 Å². The minimum absolute atomic E-state index is 0.725. The van der Waals surface area contributed by atoms with Gasteiger partial charge < -0.3 is 5.32 Å². The molecule has 0 amide bonds. The van der Waals surface area contributed by atoms with Gasteiger partial charge in [-0.1, -0.05) is 46.3 Å². The van der Waals surface area contributed by atoms with Gasteiger partial charge in [0.2, 0.25) is 0 Å². The lowest BCUT2D eigenvalue weighted by atomic mass is 10.2. The van der Waals surface area contributed by atoms with Crippen molar-refractivity contribution in [1.29, 1.82) is 0 Å². The molecular formula is C15H12BrN3. The summed E-state index contributed by atoms with van der Waals surface area (Å²) in [4.78, 5) is 8.57. The molecule has 0 bridgehead atoms. The van der Waals surface area contributed by atoms with Crippen LogP contribution in [0.1, 0.15) is 5.56 Å². The molecule has 1 heterocycles. The zero-order valence-electron chi connectivity index (χ0n) is 10.2. The third-order valence-corrected chi connectivity index (χ3v) is 3.72. The Morgan fingerprint density at radius 3 is 2.63 bits per heavy atom. The molecule has 3 nitrogen and oxygen atoms in total. The van der Waals surface area contributed by atoms with E-state index in [1.54, 1.807) is 6.33 Å². The second-order valence-electron chi connectivity index (χ2n) is 4.18. The lowest BCUT2D eigenvalue weighted by molar-refractivity contribution is 1.09. The molecule has 4 heteroatoms. The van der Waals surface area contributed by atoms with Gasteiger partial charge in [-0.15, -0.1) is 0 Å². The van der Waals surface area contributed by atoms with E-state index in [1.165, 1.54) is 5.56 Å². The van der Waals surface area contributed by atoms with Gasteiger partial charge in [-0.3, -0.25) is 0 Å². The van der Waals surface area contributed by atoms with Gasteiger partial charge in [0, 0.05) is 16.4 Å². The summed E-state index contributed by atoms with van der Waals surface area (Å²) in [7, 11) is 0. The predicted octanol–water partition coefficient (Wildman–Crippen LogP) is 4.00. The number of aromatic nitrogens is 2. The third-order valence-electron chi connectivity index (χ3n) is 2.95. The summed E-state index contributed by atoms with van der Waals surface area (Å²) in [5.74, 6) is 0.862. The standard InChI is InChI=1S/C15H12BrN3/c16-13-7-3-1-5-11(13)9-17-15-12-6-2-4-8-14(12)18-10-19-15/h1-8,10H,9H2,(H,17,18,19). The number of benzene rings is 2. The van der Waals surface area contributed by atoms with Crippen molar-refractivity contribution < 1.29 is 0 Å². The summed E-state index contributed by atoms with van der Waals surface area (Å²) in [6, 6.07) is 16.1. The zero-order chi connectivity index (χ0) is 13.1. The fourth-order valence-corrected chi connectivity index (χ4v) is 2.39. The first-order valence-electron chi connectivity index (χ1n) is 6.01. The van der Waals surface area contributed by atoms with E-state index in [9.17, 15) is 0 Å². The van der Waals surface area contributed by atoms with Gasteiger partial charge >= 0.3 is 0 Å². The van der Waals surface area contributed by atoms with Crippen LogP contribution in [0.2, 0.25) is 0 Å². The van der Waals surface area contributed by atoms with Gasteiger partial charge in [0.05, 0.1) is 5.52 Å². The van der Waals surface area contributed by atoms with Crippen molar-refractivity contribution in [3.63, 3.8) is 0 Å². The quantitative estimate of drug-likeness (QED) is 0.794. The summed E-state index contributed by atoms with van der Waals surface area (Å²) in [6.45, 7) is 0.725. The Hall–Kier alpha value is -1.94. The maximum Gasteiger partial charge on any atom is 0.137 e. The lowest BCUT2D eigenvalue weighted by Gasteiger charge is -2.09. The molecule has 1 aromatic heterocycles. The van der Waals surface area contributed by atoms with E-state index in [2.05, 4.69) is 37.3 Å². The number of nitrogens with one attached hydrogen (secondary N) is 1. The molecule has 3 aromatic rings. The van der Waals surface area contributed by atoms with E-state index in [0.717, 1.165) is 27.7 Å². The second-order valence-corrected chi connectivity index (χ2v) is 5.04. The number of hydrogen-bond acceptors (Lipinski definition) is 3. The van der Waals surface area contributed by atoms with Gasteiger partial charge in [-0.2, -0.15) is 0 Å². The minimum atomic E-state index is 0.725. The molecule has 0 aliphatic heterocycles. The molecular weight excluding hydrogens is 302 g/mol. The summed E-state index contributed by atoms with van der Waals surface area (Å²) >= 11 is 3.55. The maximum absolute atomic E-state index is 4.31. The molecule has 94 valence electrons. The average molecular weight is 314 g/mol. The van der Waals surface area contributed by atoms with Crippen LogP contribution in [-0.4, -0.2) is 9.97 Å². The number of rotatable bonds is 3. The Balaban J connectivity index is 1.88. The van der Waals surface area contributed by atoms with Crippen LogP contribution in [0, 0.1) is 0 Å². The van der Waals surface area contributed by atoms with Crippen LogP contribution in [0.25, 0.3) is 10.9 Å². The zero-order valence-corrected chi connectivity index (χ0v) is 11.8. The predicted molar refractivity (Wildman–Crippen MR) is 81.0 cm³/mol. The van der Waals surface area contributed by atoms with Gasteiger partial charge in [0.1, 0.15) is 12.1 Å². The molecule has 1 N–H and O–H groups in total. The molecule has 0 radical (unpaired) electrons. The largest absolute Gasteiger partial charge is 0.365 e. The van der Waals surface area contributed by atoms with E-state index in [0.29, 0.717) is 0 Å². The minimum Gasteiger partial charge on any atom is -0.365 e. The van der Waals surface area contributed by atoms with Crippen LogP contribution in [0.15, 0.2) is 59.3 Å². The molecule has 0 spiro atoms. The number of para-hydroxylation sites is 1. The molecule has 0 saturated heterocycles. The van der Waals surface area contributed by atoms with Crippen LogP contribution < -0.4 is 5.32 Å².